The molecule has 2 nitrogen and oxygen atoms in total. The van der Waals surface area contributed by atoms with Crippen LogP contribution in [-0.4, -0.2) is 18.3 Å². The number of halogens is 1. The second kappa shape index (κ2) is 5.51. The zero-order valence-corrected chi connectivity index (χ0v) is 11.0. The van der Waals surface area contributed by atoms with Crippen molar-refractivity contribution < 1.29 is 4.74 Å². The number of fused-ring (bicyclic) bond motifs is 1. The number of methoxy groups -OCH3 is 1. The van der Waals surface area contributed by atoms with Gasteiger partial charge in [0.05, 0.1) is 0 Å². The minimum atomic E-state index is 0.850. The van der Waals surface area contributed by atoms with Crippen LogP contribution in [0.25, 0.3) is 10.9 Å². The van der Waals surface area contributed by atoms with Crippen LogP contribution >= 0.6 is 15.9 Å². The van der Waals surface area contributed by atoms with Gasteiger partial charge in [-0.15, -0.1) is 0 Å². The van der Waals surface area contributed by atoms with Gasteiger partial charge in [-0.1, -0.05) is 22.0 Å². The fourth-order valence-corrected chi connectivity index (χ4v) is 2.23. The van der Waals surface area contributed by atoms with Crippen molar-refractivity contribution in [1.29, 1.82) is 0 Å². The van der Waals surface area contributed by atoms with Crippen molar-refractivity contribution >= 4 is 26.8 Å². The smallest absolute Gasteiger partial charge is 0.0491 e. The van der Waals surface area contributed by atoms with E-state index in [1.807, 2.05) is 0 Å². The fraction of sp³-hybridized carbons (Fsp3) is 0.385. The monoisotopic (exact) mass is 281 g/mol. The number of nitrogens with zero attached hydrogens (tertiary/aromatic N) is 1. The molecular weight excluding hydrogens is 266 g/mol. The lowest BCUT2D eigenvalue weighted by Crippen LogP contribution is -1.98. The molecule has 3 heteroatoms. The Morgan fingerprint density at radius 1 is 1.25 bits per heavy atom. The van der Waals surface area contributed by atoms with E-state index in [1.54, 1.807) is 7.11 Å². The van der Waals surface area contributed by atoms with Gasteiger partial charge < -0.3 is 9.30 Å². The summed E-state index contributed by atoms with van der Waals surface area (Å²) in [6, 6.07) is 8.56. The molecule has 2 rings (SSSR count). The van der Waals surface area contributed by atoms with E-state index in [1.165, 1.54) is 10.9 Å². The van der Waals surface area contributed by atoms with Crippen molar-refractivity contribution in [2.45, 2.75) is 19.4 Å². The van der Waals surface area contributed by atoms with Gasteiger partial charge in [0.25, 0.3) is 0 Å². The lowest BCUT2D eigenvalue weighted by atomic mass is 10.2. The van der Waals surface area contributed by atoms with Gasteiger partial charge in [-0.05, 0) is 36.4 Å². The quantitative estimate of drug-likeness (QED) is 0.760. The lowest BCUT2D eigenvalue weighted by Gasteiger charge is -2.05. The van der Waals surface area contributed by atoms with Gasteiger partial charge in [0.15, 0.2) is 0 Å². The molecule has 0 N–H and O–H groups in total. The second-order valence-corrected chi connectivity index (χ2v) is 4.83. The Bertz CT molecular complexity index is 464. The Labute approximate surface area is 104 Å². The normalized spacial score (nSPS) is 11.1. The average Bonchev–Trinajstić information content (AvgIpc) is 2.67. The number of unbranched alkanes of at least 4 members (excludes halogenated alkanes) is 1. The molecule has 0 fully saturated rings. The minimum Gasteiger partial charge on any atom is -0.385 e. The van der Waals surface area contributed by atoms with Gasteiger partial charge in [0.2, 0.25) is 0 Å². The summed E-state index contributed by atoms with van der Waals surface area (Å²) in [5, 5.41) is 1.30. The van der Waals surface area contributed by atoms with Crippen molar-refractivity contribution in [2.75, 3.05) is 13.7 Å². The maximum absolute atomic E-state index is 5.05. The Balaban J connectivity index is 2.09. The first-order chi connectivity index (χ1) is 7.81. The third kappa shape index (κ3) is 2.66. The van der Waals surface area contributed by atoms with Crippen LogP contribution in [0.15, 0.2) is 34.9 Å². The predicted octanol–water partition coefficient (Wildman–Crippen LogP) is 3.83. The number of benzene rings is 1. The molecule has 1 heterocycles. The average molecular weight is 282 g/mol. The molecule has 0 radical (unpaired) electrons. The third-order valence-corrected chi connectivity index (χ3v) is 3.23. The first-order valence-electron chi connectivity index (χ1n) is 5.54. The highest BCUT2D eigenvalue weighted by molar-refractivity contribution is 9.10. The first-order valence-corrected chi connectivity index (χ1v) is 6.34. The molecule has 16 heavy (non-hydrogen) atoms. The summed E-state index contributed by atoms with van der Waals surface area (Å²) in [7, 11) is 1.75. The van der Waals surface area contributed by atoms with Crippen LogP contribution in [0.4, 0.5) is 0 Å². The van der Waals surface area contributed by atoms with Gasteiger partial charge in [-0.25, -0.2) is 0 Å². The van der Waals surface area contributed by atoms with Crippen LogP contribution in [0.5, 0.6) is 0 Å². The van der Waals surface area contributed by atoms with Crippen LogP contribution in [0.2, 0.25) is 0 Å². The predicted molar refractivity (Wildman–Crippen MR) is 70.7 cm³/mol. The van der Waals surface area contributed by atoms with Crippen molar-refractivity contribution in [1.82, 2.24) is 4.57 Å². The van der Waals surface area contributed by atoms with E-state index < -0.39 is 0 Å². The Kier molecular flexibility index (Phi) is 4.02. The summed E-state index contributed by atoms with van der Waals surface area (Å²) in [5.41, 5.74) is 1.30. The molecule has 0 aliphatic carbocycles. The highest BCUT2D eigenvalue weighted by atomic mass is 79.9. The van der Waals surface area contributed by atoms with Crippen molar-refractivity contribution in [2.24, 2.45) is 0 Å². The maximum atomic E-state index is 5.05. The standard InChI is InChI=1S/C13H16BrNO/c1-16-9-3-2-7-15-8-6-11-4-5-12(14)10-13(11)15/h4-6,8,10H,2-3,7,9H2,1H3. The molecule has 86 valence electrons. The fourth-order valence-electron chi connectivity index (χ4n) is 1.88. The second-order valence-electron chi connectivity index (χ2n) is 3.91. The minimum absolute atomic E-state index is 0.850. The molecule has 2 aromatic rings. The molecule has 0 saturated heterocycles. The molecule has 0 aliphatic rings. The molecule has 0 amide bonds. The zero-order valence-electron chi connectivity index (χ0n) is 9.45. The van der Waals surface area contributed by atoms with Gasteiger partial charge in [-0.3, -0.25) is 0 Å². The summed E-state index contributed by atoms with van der Waals surface area (Å²) >= 11 is 3.51. The first kappa shape index (κ1) is 11.7. The molecule has 0 aliphatic heterocycles. The molecule has 1 aromatic carbocycles. The van der Waals surface area contributed by atoms with E-state index in [0.29, 0.717) is 0 Å². The number of aryl methyl sites for hydroxylation is 1. The molecule has 0 spiro atoms. The van der Waals surface area contributed by atoms with E-state index >= 15 is 0 Å². The van der Waals surface area contributed by atoms with Crippen molar-refractivity contribution in [3.8, 4) is 0 Å². The molecule has 0 bridgehead atoms. The number of ether oxygens (including phenoxy) is 1. The topological polar surface area (TPSA) is 14.2 Å². The van der Waals surface area contributed by atoms with Crippen LogP contribution in [-0.2, 0) is 11.3 Å². The van der Waals surface area contributed by atoms with Gasteiger partial charge in [0.1, 0.15) is 0 Å². The summed E-state index contributed by atoms with van der Waals surface area (Å²) in [6.07, 6.45) is 4.43. The van der Waals surface area contributed by atoms with E-state index in [2.05, 4.69) is 51.0 Å². The SMILES string of the molecule is COCCCCn1ccc2ccc(Br)cc21. The third-order valence-electron chi connectivity index (χ3n) is 2.73. The zero-order chi connectivity index (χ0) is 11.4. The summed E-state index contributed by atoms with van der Waals surface area (Å²) in [5.74, 6) is 0. The molecule has 1 aromatic heterocycles. The summed E-state index contributed by atoms with van der Waals surface area (Å²) in [4.78, 5) is 0. The Morgan fingerprint density at radius 3 is 2.94 bits per heavy atom. The molecule has 0 atom stereocenters. The van der Waals surface area contributed by atoms with Crippen LogP contribution in [0, 0.1) is 0 Å². The lowest BCUT2D eigenvalue weighted by molar-refractivity contribution is 0.191. The summed E-state index contributed by atoms with van der Waals surface area (Å²) in [6.45, 7) is 1.91. The number of rotatable bonds is 5. The van der Waals surface area contributed by atoms with Crippen molar-refractivity contribution in [3.05, 3.63) is 34.9 Å². The number of hydrogen-bond acceptors (Lipinski definition) is 1. The molecule has 0 saturated carbocycles. The van der Waals surface area contributed by atoms with Crippen molar-refractivity contribution in [3.63, 3.8) is 0 Å². The Hall–Kier alpha value is -0.800. The highest BCUT2D eigenvalue weighted by Crippen LogP contribution is 2.21. The van der Waals surface area contributed by atoms with Crippen LogP contribution in [0.3, 0.4) is 0 Å². The molecule has 0 unspecified atom stereocenters. The number of aromatic nitrogens is 1. The van der Waals surface area contributed by atoms with Crippen LogP contribution < -0.4 is 0 Å². The van der Waals surface area contributed by atoms with Gasteiger partial charge >= 0.3 is 0 Å². The summed E-state index contributed by atoms with van der Waals surface area (Å²) < 4.78 is 8.49. The largest absolute Gasteiger partial charge is 0.385 e. The van der Waals surface area contributed by atoms with E-state index in [-0.39, 0.29) is 0 Å². The van der Waals surface area contributed by atoms with Gasteiger partial charge in [0, 0.05) is 36.4 Å². The van der Waals surface area contributed by atoms with E-state index in [9.17, 15) is 0 Å². The number of hydrogen-bond donors (Lipinski definition) is 0. The van der Waals surface area contributed by atoms with Gasteiger partial charge in [-0.2, -0.15) is 0 Å². The Morgan fingerprint density at radius 2 is 2.12 bits per heavy atom. The maximum Gasteiger partial charge on any atom is 0.0491 e. The van der Waals surface area contributed by atoms with Crippen LogP contribution in [0.1, 0.15) is 12.8 Å². The molecular formula is C13H16BrNO. The highest BCUT2D eigenvalue weighted by Gasteiger charge is 2.01. The van der Waals surface area contributed by atoms with E-state index in [0.717, 1.165) is 30.5 Å². The van der Waals surface area contributed by atoms with E-state index in [4.69, 9.17) is 4.74 Å².